The van der Waals surface area contributed by atoms with Gasteiger partial charge in [-0.25, -0.2) is 0 Å². The highest BCUT2D eigenvalue weighted by atomic mass is 19.4. The van der Waals surface area contributed by atoms with Crippen LogP contribution in [0.2, 0.25) is 0 Å². The molecular weight excluding hydrogens is 341 g/mol. The highest BCUT2D eigenvalue weighted by molar-refractivity contribution is 5.97. The Labute approximate surface area is 149 Å². The second-order valence-electron chi connectivity index (χ2n) is 6.24. The standard InChI is InChI=1S/C20H17F3N2O/c1-2-13-5-3-4-6-18(13)25-10-9-14-12-24-17-8-7-15(26-20(21,22)23)11-16(17)19(14)25/h3-8,11-12H,2,9-10H2,1H3. The minimum absolute atomic E-state index is 0.226. The van der Waals surface area contributed by atoms with Crippen molar-refractivity contribution >= 4 is 22.3 Å². The maximum Gasteiger partial charge on any atom is 0.573 e. The van der Waals surface area contributed by atoms with Crippen LogP contribution >= 0.6 is 0 Å². The van der Waals surface area contributed by atoms with Crippen LogP contribution in [0.25, 0.3) is 10.9 Å². The summed E-state index contributed by atoms with van der Waals surface area (Å²) in [5.74, 6) is -0.226. The summed E-state index contributed by atoms with van der Waals surface area (Å²) in [6.45, 7) is 2.87. The number of nitrogens with zero attached hydrogens (tertiary/aromatic N) is 2. The van der Waals surface area contributed by atoms with Gasteiger partial charge in [0.2, 0.25) is 0 Å². The van der Waals surface area contributed by atoms with E-state index >= 15 is 0 Å². The Hall–Kier alpha value is -2.76. The van der Waals surface area contributed by atoms with E-state index in [0.717, 1.165) is 36.3 Å². The second-order valence-corrected chi connectivity index (χ2v) is 6.24. The fraction of sp³-hybridized carbons (Fsp3) is 0.250. The van der Waals surface area contributed by atoms with E-state index in [2.05, 4.69) is 33.7 Å². The van der Waals surface area contributed by atoms with E-state index < -0.39 is 6.36 Å². The molecule has 1 aromatic heterocycles. The summed E-state index contributed by atoms with van der Waals surface area (Å²) < 4.78 is 41.9. The first-order chi connectivity index (χ1) is 12.5. The third-order valence-corrected chi connectivity index (χ3v) is 4.66. The van der Waals surface area contributed by atoms with Gasteiger partial charge in [0.05, 0.1) is 11.2 Å². The Kier molecular flexibility index (Phi) is 3.98. The van der Waals surface area contributed by atoms with E-state index in [1.54, 1.807) is 6.07 Å². The van der Waals surface area contributed by atoms with Gasteiger partial charge in [-0.05, 0) is 48.2 Å². The molecule has 0 aliphatic carbocycles. The molecule has 1 aliphatic heterocycles. The van der Waals surface area contributed by atoms with Crippen molar-refractivity contribution in [2.75, 3.05) is 11.4 Å². The first kappa shape index (κ1) is 16.7. The van der Waals surface area contributed by atoms with Crippen molar-refractivity contribution in [3.05, 3.63) is 59.8 Å². The molecule has 0 saturated carbocycles. The quantitative estimate of drug-likeness (QED) is 0.628. The zero-order chi connectivity index (χ0) is 18.3. The van der Waals surface area contributed by atoms with Crippen LogP contribution in [0.5, 0.6) is 5.75 Å². The number of halogens is 3. The van der Waals surface area contributed by atoms with Gasteiger partial charge in [-0.3, -0.25) is 4.98 Å². The van der Waals surface area contributed by atoms with Gasteiger partial charge in [0.25, 0.3) is 0 Å². The average Bonchev–Trinajstić information content (AvgIpc) is 3.04. The molecule has 134 valence electrons. The Morgan fingerprint density at radius 1 is 1.15 bits per heavy atom. The summed E-state index contributed by atoms with van der Waals surface area (Å²) in [4.78, 5) is 6.57. The van der Waals surface area contributed by atoms with Gasteiger partial charge in [-0.1, -0.05) is 25.1 Å². The monoisotopic (exact) mass is 358 g/mol. The average molecular weight is 358 g/mol. The number of hydrogen-bond acceptors (Lipinski definition) is 3. The number of anilines is 2. The van der Waals surface area contributed by atoms with Crippen molar-refractivity contribution in [2.24, 2.45) is 0 Å². The number of benzene rings is 2. The Morgan fingerprint density at radius 3 is 2.73 bits per heavy atom. The van der Waals surface area contributed by atoms with Gasteiger partial charge in [0.1, 0.15) is 5.75 Å². The minimum Gasteiger partial charge on any atom is -0.406 e. The molecule has 0 atom stereocenters. The van der Waals surface area contributed by atoms with Crippen molar-refractivity contribution in [1.82, 2.24) is 4.98 Å². The Balaban J connectivity index is 1.87. The molecule has 0 amide bonds. The number of para-hydroxylation sites is 1. The lowest BCUT2D eigenvalue weighted by Crippen LogP contribution is -2.17. The summed E-state index contributed by atoms with van der Waals surface area (Å²) in [5, 5.41) is 0.674. The molecule has 3 aromatic rings. The predicted molar refractivity (Wildman–Crippen MR) is 95.0 cm³/mol. The fourth-order valence-corrected chi connectivity index (χ4v) is 3.56. The zero-order valence-corrected chi connectivity index (χ0v) is 14.2. The molecule has 0 bridgehead atoms. The van der Waals surface area contributed by atoms with Crippen LogP contribution in [0.3, 0.4) is 0 Å². The number of pyridine rings is 1. The van der Waals surface area contributed by atoms with E-state index in [0.29, 0.717) is 10.9 Å². The number of ether oxygens (including phenoxy) is 1. The molecule has 3 nitrogen and oxygen atoms in total. The summed E-state index contributed by atoms with van der Waals surface area (Å²) in [5.41, 5.74) is 4.90. The minimum atomic E-state index is -4.71. The second kappa shape index (κ2) is 6.20. The molecule has 0 N–H and O–H groups in total. The molecular formula is C20H17F3N2O. The molecule has 2 aromatic carbocycles. The van der Waals surface area contributed by atoms with E-state index in [-0.39, 0.29) is 5.75 Å². The lowest BCUT2D eigenvalue weighted by molar-refractivity contribution is -0.274. The highest BCUT2D eigenvalue weighted by Crippen LogP contribution is 2.42. The lowest BCUT2D eigenvalue weighted by Gasteiger charge is -2.24. The van der Waals surface area contributed by atoms with E-state index in [1.807, 2.05) is 18.3 Å². The number of aryl methyl sites for hydroxylation is 1. The summed E-state index contributed by atoms with van der Waals surface area (Å²) in [7, 11) is 0. The molecule has 1 aliphatic rings. The fourth-order valence-electron chi connectivity index (χ4n) is 3.56. The SMILES string of the molecule is CCc1ccccc1N1CCc2cnc3ccc(OC(F)(F)F)cc3c21. The van der Waals surface area contributed by atoms with Crippen LogP contribution < -0.4 is 9.64 Å². The third-order valence-electron chi connectivity index (χ3n) is 4.66. The molecule has 26 heavy (non-hydrogen) atoms. The molecule has 0 fully saturated rings. The molecule has 4 rings (SSSR count). The van der Waals surface area contributed by atoms with Gasteiger partial charge in [0.15, 0.2) is 0 Å². The van der Waals surface area contributed by atoms with Crippen molar-refractivity contribution in [3.63, 3.8) is 0 Å². The maximum atomic E-state index is 12.6. The van der Waals surface area contributed by atoms with Crippen molar-refractivity contribution < 1.29 is 17.9 Å². The molecule has 0 unspecified atom stereocenters. The van der Waals surface area contributed by atoms with Crippen LogP contribution in [0.15, 0.2) is 48.7 Å². The number of rotatable bonds is 3. The number of aromatic nitrogens is 1. The normalized spacial score (nSPS) is 13.9. The largest absolute Gasteiger partial charge is 0.573 e. The Morgan fingerprint density at radius 2 is 1.96 bits per heavy atom. The number of hydrogen-bond donors (Lipinski definition) is 0. The number of alkyl halides is 3. The van der Waals surface area contributed by atoms with Gasteiger partial charge in [0, 0.05) is 23.8 Å². The lowest BCUT2D eigenvalue weighted by atomic mass is 10.1. The van der Waals surface area contributed by atoms with Gasteiger partial charge >= 0.3 is 6.36 Å². The van der Waals surface area contributed by atoms with Gasteiger partial charge < -0.3 is 9.64 Å². The molecule has 0 radical (unpaired) electrons. The highest BCUT2D eigenvalue weighted by Gasteiger charge is 2.32. The van der Waals surface area contributed by atoms with Crippen LogP contribution in [-0.2, 0) is 12.8 Å². The predicted octanol–water partition coefficient (Wildman–Crippen LogP) is 5.39. The van der Waals surface area contributed by atoms with Crippen molar-refractivity contribution in [3.8, 4) is 5.75 Å². The van der Waals surface area contributed by atoms with Crippen molar-refractivity contribution in [1.29, 1.82) is 0 Å². The van der Waals surface area contributed by atoms with Crippen molar-refractivity contribution in [2.45, 2.75) is 26.1 Å². The zero-order valence-electron chi connectivity index (χ0n) is 14.2. The van der Waals surface area contributed by atoms with Gasteiger partial charge in [-0.2, -0.15) is 0 Å². The molecule has 6 heteroatoms. The van der Waals surface area contributed by atoms with Crippen LogP contribution in [-0.4, -0.2) is 17.9 Å². The first-order valence-corrected chi connectivity index (χ1v) is 8.49. The first-order valence-electron chi connectivity index (χ1n) is 8.49. The summed E-state index contributed by atoms with van der Waals surface area (Å²) in [6.07, 6.45) is -1.21. The van der Waals surface area contributed by atoms with Crippen LogP contribution in [0.1, 0.15) is 18.1 Å². The molecule has 0 saturated heterocycles. The van der Waals surface area contributed by atoms with Crippen LogP contribution in [0, 0.1) is 0 Å². The smallest absolute Gasteiger partial charge is 0.406 e. The topological polar surface area (TPSA) is 25.4 Å². The molecule has 2 heterocycles. The van der Waals surface area contributed by atoms with Crippen LogP contribution in [0.4, 0.5) is 24.5 Å². The molecule has 0 spiro atoms. The van der Waals surface area contributed by atoms with E-state index in [9.17, 15) is 13.2 Å². The summed E-state index contributed by atoms with van der Waals surface area (Å²) in [6, 6.07) is 12.4. The Bertz CT molecular complexity index is 969. The van der Waals surface area contributed by atoms with E-state index in [4.69, 9.17) is 0 Å². The third kappa shape index (κ3) is 2.96. The van der Waals surface area contributed by atoms with E-state index in [1.165, 1.54) is 17.7 Å². The number of fused-ring (bicyclic) bond motifs is 3. The maximum absolute atomic E-state index is 12.6. The van der Waals surface area contributed by atoms with Gasteiger partial charge in [-0.15, -0.1) is 13.2 Å². The summed E-state index contributed by atoms with van der Waals surface area (Å²) >= 11 is 0.